The molecule has 0 spiro atoms. The first-order valence-electron chi connectivity index (χ1n) is 7.26. The summed E-state index contributed by atoms with van der Waals surface area (Å²) in [6.07, 6.45) is 1.33. The summed E-state index contributed by atoms with van der Waals surface area (Å²) in [4.78, 5) is 34.8. The van der Waals surface area contributed by atoms with Crippen LogP contribution < -0.4 is 10.6 Å². The van der Waals surface area contributed by atoms with Gasteiger partial charge in [0.05, 0.1) is 15.5 Å². The first-order valence-corrected chi connectivity index (χ1v) is 8.02. The lowest BCUT2D eigenvalue weighted by molar-refractivity contribution is -0.384. The number of hydrogen-bond acceptors (Lipinski definition) is 4. The van der Waals surface area contributed by atoms with E-state index in [0.717, 1.165) is 0 Å². The SMILES string of the molecule is CNC(=O)C(=Cc1cccc([N+](=O)[O-])c1)NC(=O)c1ccc(Cl)cc1Cl. The number of carbonyl (C=O) groups excluding carboxylic acids is 2. The van der Waals surface area contributed by atoms with Crippen molar-refractivity contribution in [2.24, 2.45) is 0 Å². The summed E-state index contributed by atoms with van der Waals surface area (Å²) in [5.41, 5.74) is 0.274. The number of hydrogen-bond donors (Lipinski definition) is 2. The molecule has 0 aliphatic heterocycles. The highest BCUT2D eigenvalue weighted by atomic mass is 35.5. The summed E-state index contributed by atoms with van der Waals surface area (Å²) in [6, 6.07) is 9.97. The zero-order chi connectivity index (χ0) is 19.3. The smallest absolute Gasteiger partial charge is 0.270 e. The van der Waals surface area contributed by atoms with Gasteiger partial charge in [0.15, 0.2) is 0 Å². The summed E-state index contributed by atoms with van der Waals surface area (Å²) >= 11 is 11.8. The van der Waals surface area contributed by atoms with Gasteiger partial charge in [-0.3, -0.25) is 19.7 Å². The van der Waals surface area contributed by atoms with Gasteiger partial charge in [-0.1, -0.05) is 35.3 Å². The summed E-state index contributed by atoms with van der Waals surface area (Å²) in [5.74, 6) is -1.19. The standard InChI is InChI=1S/C17H13Cl2N3O4/c1-20-17(24)15(8-10-3-2-4-12(7-10)22(25)26)21-16(23)13-6-5-11(18)9-14(13)19/h2-9H,1H3,(H,20,24)(H,21,23). The lowest BCUT2D eigenvalue weighted by Gasteiger charge is -2.10. The quantitative estimate of drug-likeness (QED) is 0.461. The van der Waals surface area contributed by atoms with Crippen molar-refractivity contribution in [3.63, 3.8) is 0 Å². The molecule has 2 aromatic carbocycles. The number of rotatable bonds is 5. The molecule has 134 valence electrons. The van der Waals surface area contributed by atoms with Crippen LogP contribution in [0.25, 0.3) is 6.08 Å². The fourth-order valence-corrected chi connectivity index (χ4v) is 2.55. The molecule has 26 heavy (non-hydrogen) atoms. The topological polar surface area (TPSA) is 101 Å². The zero-order valence-corrected chi connectivity index (χ0v) is 15.0. The van der Waals surface area contributed by atoms with Gasteiger partial charge in [-0.05, 0) is 29.8 Å². The first kappa shape index (κ1) is 19.4. The predicted molar refractivity (Wildman–Crippen MR) is 99.1 cm³/mol. The van der Waals surface area contributed by atoms with Gasteiger partial charge in [0.2, 0.25) is 0 Å². The van der Waals surface area contributed by atoms with E-state index in [1.54, 1.807) is 6.07 Å². The van der Waals surface area contributed by atoms with Gasteiger partial charge in [0.25, 0.3) is 17.5 Å². The van der Waals surface area contributed by atoms with Crippen LogP contribution >= 0.6 is 23.2 Å². The van der Waals surface area contributed by atoms with E-state index < -0.39 is 16.7 Å². The fourth-order valence-electron chi connectivity index (χ4n) is 2.05. The fraction of sp³-hybridized carbons (Fsp3) is 0.0588. The zero-order valence-electron chi connectivity index (χ0n) is 13.5. The second-order valence-corrected chi connectivity index (χ2v) is 5.91. The van der Waals surface area contributed by atoms with E-state index in [9.17, 15) is 19.7 Å². The van der Waals surface area contributed by atoms with Gasteiger partial charge in [0.1, 0.15) is 5.70 Å². The van der Waals surface area contributed by atoms with Crippen molar-refractivity contribution in [2.75, 3.05) is 7.05 Å². The highest BCUT2D eigenvalue weighted by Crippen LogP contribution is 2.21. The van der Waals surface area contributed by atoms with Gasteiger partial charge >= 0.3 is 0 Å². The molecule has 0 aliphatic rings. The van der Waals surface area contributed by atoms with Gasteiger partial charge in [-0.15, -0.1) is 0 Å². The van der Waals surface area contributed by atoms with Crippen molar-refractivity contribution < 1.29 is 14.5 Å². The molecule has 0 aliphatic carbocycles. The molecule has 0 bridgehead atoms. The number of likely N-dealkylation sites (N-methyl/N-ethyl adjacent to an activating group) is 1. The van der Waals surface area contributed by atoms with Crippen LogP contribution in [-0.4, -0.2) is 23.8 Å². The maximum Gasteiger partial charge on any atom is 0.270 e. The Bertz CT molecular complexity index is 913. The minimum absolute atomic E-state index is 0.0935. The highest BCUT2D eigenvalue weighted by molar-refractivity contribution is 6.36. The van der Waals surface area contributed by atoms with E-state index in [4.69, 9.17) is 23.2 Å². The van der Waals surface area contributed by atoms with Crippen molar-refractivity contribution >= 4 is 46.8 Å². The Morgan fingerprint density at radius 3 is 2.50 bits per heavy atom. The molecule has 2 rings (SSSR count). The van der Waals surface area contributed by atoms with E-state index in [1.165, 1.54) is 49.5 Å². The minimum atomic E-state index is -0.619. The highest BCUT2D eigenvalue weighted by Gasteiger charge is 2.16. The monoisotopic (exact) mass is 393 g/mol. The van der Waals surface area contributed by atoms with Gasteiger partial charge in [-0.2, -0.15) is 0 Å². The largest absolute Gasteiger partial charge is 0.354 e. The van der Waals surface area contributed by atoms with E-state index in [0.29, 0.717) is 10.6 Å². The molecule has 2 N–H and O–H groups in total. The Hall–Kier alpha value is -2.90. The molecule has 0 aromatic heterocycles. The van der Waals surface area contributed by atoms with Crippen molar-refractivity contribution in [1.29, 1.82) is 0 Å². The van der Waals surface area contributed by atoms with Crippen LogP contribution in [0.5, 0.6) is 0 Å². The lowest BCUT2D eigenvalue weighted by atomic mass is 10.1. The Morgan fingerprint density at radius 2 is 1.88 bits per heavy atom. The molecular formula is C17H13Cl2N3O4. The number of halogens is 2. The molecule has 0 heterocycles. The number of nitrogens with one attached hydrogen (secondary N) is 2. The molecule has 0 saturated carbocycles. The Labute approximate surface area is 158 Å². The number of amides is 2. The van der Waals surface area contributed by atoms with Crippen LogP contribution in [0.15, 0.2) is 48.2 Å². The Morgan fingerprint density at radius 1 is 1.15 bits per heavy atom. The van der Waals surface area contributed by atoms with Crippen molar-refractivity contribution in [3.05, 3.63) is 79.4 Å². The van der Waals surface area contributed by atoms with Crippen LogP contribution in [-0.2, 0) is 4.79 Å². The molecule has 7 nitrogen and oxygen atoms in total. The second-order valence-electron chi connectivity index (χ2n) is 5.07. The van der Waals surface area contributed by atoms with Crippen molar-refractivity contribution in [3.8, 4) is 0 Å². The summed E-state index contributed by atoms with van der Waals surface area (Å²) < 4.78 is 0. The first-order chi connectivity index (χ1) is 12.3. The van der Waals surface area contributed by atoms with Crippen LogP contribution in [0.1, 0.15) is 15.9 Å². The van der Waals surface area contributed by atoms with Crippen LogP contribution in [0, 0.1) is 10.1 Å². The average Bonchev–Trinajstić information content (AvgIpc) is 2.60. The van der Waals surface area contributed by atoms with Crippen molar-refractivity contribution in [1.82, 2.24) is 10.6 Å². The number of nitro benzene ring substituents is 1. The summed E-state index contributed by atoms with van der Waals surface area (Å²) in [5, 5.41) is 16.2. The number of benzene rings is 2. The number of non-ortho nitro benzene ring substituents is 1. The molecule has 0 fully saturated rings. The molecule has 0 saturated heterocycles. The van der Waals surface area contributed by atoms with E-state index in [-0.39, 0.29) is 22.0 Å². The molecule has 9 heteroatoms. The van der Waals surface area contributed by atoms with E-state index >= 15 is 0 Å². The van der Waals surface area contributed by atoms with Gasteiger partial charge < -0.3 is 10.6 Å². The molecule has 2 amide bonds. The number of nitro groups is 1. The molecule has 2 aromatic rings. The normalized spacial score (nSPS) is 11.0. The van der Waals surface area contributed by atoms with Crippen molar-refractivity contribution in [2.45, 2.75) is 0 Å². The van der Waals surface area contributed by atoms with E-state index in [2.05, 4.69) is 10.6 Å². The lowest BCUT2D eigenvalue weighted by Crippen LogP contribution is -2.33. The number of nitrogens with zero attached hydrogens (tertiary/aromatic N) is 1. The predicted octanol–water partition coefficient (Wildman–Crippen LogP) is 3.42. The van der Waals surface area contributed by atoms with Gasteiger partial charge in [0, 0.05) is 24.2 Å². The van der Waals surface area contributed by atoms with Gasteiger partial charge in [-0.25, -0.2) is 0 Å². The van der Waals surface area contributed by atoms with Crippen LogP contribution in [0.4, 0.5) is 5.69 Å². The third kappa shape index (κ3) is 4.81. The molecule has 0 unspecified atom stereocenters. The third-order valence-corrected chi connectivity index (χ3v) is 3.84. The summed E-state index contributed by atoms with van der Waals surface area (Å²) in [6.45, 7) is 0. The number of carbonyl (C=O) groups is 2. The second kappa shape index (κ2) is 8.46. The molecule has 0 radical (unpaired) electrons. The maximum absolute atomic E-state index is 12.4. The van der Waals surface area contributed by atoms with Crippen LogP contribution in [0.3, 0.4) is 0 Å². The molecule has 0 atom stereocenters. The molecular weight excluding hydrogens is 381 g/mol. The average molecular weight is 394 g/mol. The summed E-state index contributed by atoms with van der Waals surface area (Å²) in [7, 11) is 1.39. The Balaban J connectivity index is 2.36. The maximum atomic E-state index is 12.4. The van der Waals surface area contributed by atoms with E-state index in [1.807, 2.05) is 0 Å². The third-order valence-electron chi connectivity index (χ3n) is 3.29. The minimum Gasteiger partial charge on any atom is -0.354 e. The van der Waals surface area contributed by atoms with Crippen LogP contribution in [0.2, 0.25) is 10.0 Å². The Kier molecular flexibility index (Phi) is 6.32.